The number of piperazine rings is 1. The normalized spacial score (nSPS) is 20.5. The molecule has 3 saturated heterocycles. The molecule has 3 aromatic carbocycles. The number of rotatable bonds is 15. The van der Waals surface area contributed by atoms with Crippen molar-refractivity contribution in [3.8, 4) is 11.1 Å². The minimum atomic E-state index is -1.00. The number of amidine groups is 1. The van der Waals surface area contributed by atoms with E-state index < -0.39 is 6.29 Å². The number of aliphatic hydroxyl groups excluding tert-OH is 1. The second kappa shape index (κ2) is 20.9. The van der Waals surface area contributed by atoms with Gasteiger partial charge in [-0.25, -0.2) is 20.7 Å². The molecule has 0 bridgehead atoms. The van der Waals surface area contributed by atoms with Crippen molar-refractivity contribution in [3.05, 3.63) is 113 Å². The predicted octanol–water partition coefficient (Wildman–Crippen LogP) is 7.20. The van der Waals surface area contributed by atoms with Crippen LogP contribution in [0.3, 0.4) is 0 Å². The number of carbonyl (C=O) groups is 1. The second-order valence-electron chi connectivity index (χ2n) is 19.2. The molecule has 5 aromatic rings. The molecule has 0 spiro atoms. The SMILES string of the molecule is CC(CCC(O)ON)Nc1ccc(C2CCN(CC3=NNC4CN(C(=O)c5ccc(C6CCN(Cc7cc8c(-c9ccc%10c(c9)CNN%10PI)ccnc8n7C)CC6)cc5)CCN34)CC2)c(F)c1. The number of hydrogen-bond donors (Lipinski definition) is 5. The highest BCUT2D eigenvalue weighted by Crippen LogP contribution is 2.40. The van der Waals surface area contributed by atoms with E-state index >= 15 is 4.39 Å². The molecule has 3 fully saturated rings. The van der Waals surface area contributed by atoms with E-state index in [4.69, 9.17) is 16.0 Å². The van der Waals surface area contributed by atoms with Crippen LogP contribution in [0.4, 0.5) is 15.8 Å². The summed E-state index contributed by atoms with van der Waals surface area (Å²) in [6.07, 6.45) is 6.49. The number of nitrogens with one attached hydrogen (secondary N) is 3. The number of hydrogen-bond acceptors (Lipinski definition) is 13. The van der Waals surface area contributed by atoms with E-state index in [0.29, 0.717) is 38.2 Å². The van der Waals surface area contributed by atoms with Gasteiger partial charge in [-0.1, -0.05) is 24.3 Å². The summed E-state index contributed by atoms with van der Waals surface area (Å²) in [5.41, 5.74) is 17.7. The van der Waals surface area contributed by atoms with Crippen LogP contribution in [0.25, 0.3) is 22.2 Å². The summed E-state index contributed by atoms with van der Waals surface area (Å²) in [7, 11) is 2.14. The van der Waals surface area contributed by atoms with Gasteiger partial charge < -0.3 is 24.8 Å². The van der Waals surface area contributed by atoms with Gasteiger partial charge in [-0.3, -0.25) is 29.6 Å². The van der Waals surface area contributed by atoms with Gasteiger partial charge in [0.2, 0.25) is 0 Å². The Morgan fingerprint density at radius 2 is 1.72 bits per heavy atom. The van der Waals surface area contributed by atoms with Gasteiger partial charge in [-0.05, 0) is 175 Å². The molecule has 4 unspecified atom stereocenters. The van der Waals surface area contributed by atoms with Gasteiger partial charge in [-0.2, -0.15) is 5.10 Å². The number of halogens is 2. The lowest BCUT2D eigenvalue weighted by atomic mass is 9.89. The number of hydrazone groups is 1. The number of nitrogens with two attached hydrogens (primary N) is 1. The monoisotopic (exact) mass is 1060 g/mol. The average Bonchev–Trinajstić information content (AvgIpc) is 4.07. The number of aryl methyl sites for hydroxylation is 1. The number of amides is 1. The highest BCUT2D eigenvalue weighted by Gasteiger charge is 2.37. The molecule has 15 nitrogen and oxygen atoms in total. The number of hydrazine groups is 1. The third-order valence-corrected chi connectivity index (χ3v) is 16.9. The molecule has 6 N–H and O–H groups in total. The zero-order valence-electron chi connectivity index (χ0n) is 38.9. The molecule has 1 amide bonds. The Kier molecular flexibility index (Phi) is 14.5. The molecule has 0 radical (unpaired) electrons. The molecule has 7 heterocycles. The smallest absolute Gasteiger partial charge is 0.254 e. The summed E-state index contributed by atoms with van der Waals surface area (Å²) in [6, 6.07) is 25.1. The first-order chi connectivity index (χ1) is 33.1. The Balaban J connectivity index is 0.670. The fourth-order valence-corrected chi connectivity index (χ4v) is 12.7. The molecule has 2 aromatic heterocycles. The van der Waals surface area contributed by atoms with Crippen LogP contribution in [0.2, 0.25) is 0 Å². The second-order valence-corrected chi connectivity index (χ2v) is 21.2. The number of aromatic nitrogens is 2. The summed E-state index contributed by atoms with van der Waals surface area (Å²) < 4.78 is 19.8. The van der Waals surface area contributed by atoms with E-state index in [9.17, 15) is 9.90 Å². The Labute approximate surface area is 412 Å². The zero-order chi connectivity index (χ0) is 46.9. The van der Waals surface area contributed by atoms with Crippen LogP contribution in [-0.2, 0) is 25.0 Å². The van der Waals surface area contributed by atoms with Crippen molar-refractivity contribution < 1.29 is 19.1 Å². The molecule has 5 aliphatic rings. The summed E-state index contributed by atoms with van der Waals surface area (Å²) in [5.74, 6) is 6.55. The topological polar surface area (TPSA) is 155 Å². The van der Waals surface area contributed by atoms with Crippen molar-refractivity contribution >= 4 is 62.6 Å². The van der Waals surface area contributed by atoms with Crippen LogP contribution in [0.15, 0.2) is 84.1 Å². The van der Waals surface area contributed by atoms with Crippen LogP contribution in [0.5, 0.6) is 0 Å². The largest absolute Gasteiger partial charge is 0.383 e. The number of carbonyl (C=O) groups excluding carboxylic acids is 1. The van der Waals surface area contributed by atoms with Crippen LogP contribution in [0, 0.1) is 5.82 Å². The molecule has 0 saturated carbocycles. The van der Waals surface area contributed by atoms with Crippen LogP contribution < -0.4 is 26.8 Å². The van der Waals surface area contributed by atoms with E-state index in [-0.39, 0.29) is 29.8 Å². The molecular weight excluding hydrogens is 994 g/mol. The molecule has 360 valence electrons. The van der Waals surface area contributed by atoms with E-state index in [1.54, 1.807) is 6.07 Å². The van der Waals surface area contributed by atoms with Gasteiger partial charge in [0.05, 0.1) is 25.2 Å². The van der Waals surface area contributed by atoms with E-state index in [0.717, 1.165) is 106 Å². The third-order valence-electron chi connectivity index (χ3n) is 14.9. The van der Waals surface area contributed by atoms with Crippen molar-refractivity contribution in [2.24, 2.45) is 18.0 Å². The van der Waals surface area contributed by atoms with Crippen molar-refractivity contribution in [2.45, 2.75) is 88.9 Å². The van der Waals surface area contributed by atoms with Gasteiger partial charge >= 0.3 is 0 Å². The molecule has 10 rings (SSSR count). The summed E-state index contributed by atoms with van der Waals surface area (Å²) in [4.78, 5) is 32.3. The maximum absolute atomic E-state index is 15.3. The van der Waals surface area contributed by atoms with Gasteiger partial charge in [-0.15, -0.1) is 0 Å². The minimum absolute atomic E-state index is 0.0258. The number of benzene rings is 3. The maximum atomic E-state index is 15.3. The summed E-state index contributed by atoms with van der Waals surface area (Å²) in [6.45, 7) is 10.2. The molecule has 0 aliphatic carbocycles. The van der Waals surface area contributed by atoms with Crippen LogP contribution in [0.1, 0.15) is 90.0 Å². The first-order valence-electron chi connectivity index (χ1n) is 24.1. The Hall–Kier alpha value is -4.46. The number of anilines is 2. The Bertz CT molecular complexity index is 2620. The maximum Gasteiger partial charge on any atom is 0.254 e. The lowest BCUT2D eigenvalue weighted by Gasteiger charge is -2.40. The molecule has 4 atom stereocenters. The van der Waals surface area contributed by atoms with Gasteiger partial charge in [0.1, 0.15) is 23.5 Å². The summed E-state index contributed by atoms with van der Waals surface area (Å²) in [5, 5.41) is 18.8. The zero-order valence-corrected chi connectivity index (χ0v) is 42.0. The molecule has 18 heteroatoms. The quantitative estimate of drug-likeness (QED) is 0.0312. The van der Waals surface area contributed by atoms with E-state index in [2.05, 4.69) is 117 Å². The van der Waals surface area contributed by atoms with Crippen molar-refractivity contribution in [1.29, 1.82) is 0 Å². The van der Waals surface area contributed by atoms with Gasteiger partial charge in [0.15, 0.2) is 6.29 Å². The first-order valence-corrected chi connectivity index (χ1v) is 28.2. The van der Waals surface area contributed by atoms with Crippen LogP contribution >= 0.6 is 28.4 Å². The molecule has 68 heavy (non-hydrogen) atoms. The summed E-state index contributed by atoms with van der Waals surface area (Å²) >= 11 is 2.42. The average molecular weight is 1060 g/mol. The lowest BCUT2D eigenvalue weighted by Crippen LogP contribution is -2.58. The van der Waals surface area contributed by atoms with E-state index in [1.807, 2.05) is 42.3 Å². The number of piperidine rings is 2. The Morgan fingerprint density at radius 1 is 0.956 bits per heavy atom. The third kappa shape index (κ3) is 10.1. The first kappa shape index (κ1) is 47.2. The Morgan fingerprint density at radius 3 is 2.47 bits per heavy atom. The predicted molar refractivity (Wildman–Crippen MR) is 277 cm³/mol. The fourth-order valence-electron chi connectivity index (χ4n) is 10.9. The van der Waals surface area contributed by atoms with Gasteiger partial charge in [0.25, 0.3) is 5.91 Å². The molecular formula is C50H63FIN12O3P. The fraction of sp³-hybridized carbons (Fsp3) is 0.460. The highest BCUT2D eigenvalue weighted by molar-refractivity contribution is 14.2. The van der Waals surface area contributed by atoms with Gasteiger partial charge in [0, 0.05) is 74.2 Å². The number of likely N-dealkylation sites (tertiary alicyclic amines) is 2. The number of pyridine rings is 1. The standard InChI is InChI=1S/C50H63FIN12O3P/c1-32(3-12-48(65)67-53)56-39-9-10-42(44(51)26-39)35-16-21-61(22-17-35)30-46-57-58-47-31-62(23-24-63(46)47)50(66)36-6-4-33(5-7-36)34-14-19-60(20-15-34)29-40-27-43-41(13-18-54-49(43)59(40)2)37-8-11-45-38(25-37)28-55-64(45)68-52/h4-11,13,18,25-27,32,34-35,47-48,55-56,58,65,68H,3,12,14-17,19-24,28-31,53H2,1-2H3. The number of aliphatic hydroxyl groups is 1. The van der Waals surface area contributed by atoms with E-state index in [1.165, 1.54) is 39.0 Å². The van der Waals surface area contributed by atoms with Crippen LogP contribution in [-0.4, -0.2) is 117 Å². The van der Waals surface area contributed by atoms with Crippen molar-refractivity contribution in [3.63, 3.8) is 0 Å². The number of fused-ring (bicyclic) bond motifs is 3. The molecule has 5 aliphatic heterocycles. The number of nitrogens with zero attached hydrogens (tertiary/aromatic N) is 8. The van der Waals surface area contributed by atoms with Crippen molar-refractivity contribution in [1.82, 2.24) is 40.0 Å². The lowest BCUT2D eigenvalue weighted by molar-refractivity contribution is -0.107. The van der Waals surface area contributed by atoms with Crippen molar-refractivity contribution in [2.75, 3.05) is 62.5 Å². The highest BCUT2D eigenvalue weighted by atomic mass is 127. The minimum Gasteiger partial charge on any atom is -0.383 e.